The monoisotopic (exact) mass is 521 g/mol. The molecule has 0 saturated carbocycles. The SMILES string of the molecule is CSCCC(N)C(=O)NC(Cc1ccccc1)C(=O)N1CCCC1C(=O)NC(CCC(N)=O)C(=O)O. The molecule has 1 fully saturated rings. The molecular formula is C24H35N5O6S. The largest absolute Gasteiger partial charge is 0.480 e. The van der Waals surface area contributed by atoms with Gasteiger partial charge in [-0.05, 0) is 43.3 Å². The third kappa shape index (κ3) is 8.83. The first kappa shape index (κ1) is 29.1. The fourth-order valence-electron chi connectivity index (χ4n) is 4.02. The second kappa shape index (κ2) is 14.4. The number of rotatable bonds is 14. The minimum Gasteiger partial charge on any atom is -0.480 e. The van der Waals surface area contributed by atoms with E-state index in [1.165, 1.54) is 4.90 Å². The number of carbonyl (C=O) groups excluding carboxylic acids is 4. The van der Waals surface area contributed by atoms with Crippen LogP contribution in [0.2, 0.25) is 0 Å². The number of carbonyl (C=O) groups is 5. The number of hydrogen-bond acceptors (Lipinski definition) is 7. The molecule has 1 aromatic carbocycles. The molecule has 7 N–H and O–H groups in total. The van der Waals surface area contributed by atoms with E-state index in [1.807, 2.05) is 36.6 Å². The number of nitrogens with zero attached hydrogens (tertiary/aromatic N) is 1. The third-order valence-electron chi connectivity index (χ3n) is 6.00. The van der Waals surface area contributed by atoms with Crippen LogP contribution in [-0.4, -0.2) is 82.3 Å². The maximum absolute atomic E-state index is 13.6. The number of carboxylic acids is 1. The normalized spacial score (nSPS) is 17.6. The fourth-order valence-corrected chi connectivity index (χ4v) is 4.51. The van der Waals surface area contributed by atoms with Crippen molar-refractivity contribution in [2.45, 2.75) is 62.7 Å². The second-order valence-electron chi connectivity index (χ2n) is 8.73. The van der Waals surface area contributed by atoms with Gasteiger partial charge in [-0.3, -0.25) is 19.2 Å². The highest BCUT2D eigenvalue weighted by atomic mass is 32.2. The number of primary amides is 1. The van der Waals surface area contributed by atoms with Gasteiger partial charge in [0.25, 0.3) is 0 Å². The van der Waals surface area contributed by atoms with Crippen LogP contribution in [0.25, 0.3) is 0 Å². The van der Waals surface area contributed by atoms with Gasteiger partial charge in [-0.15, -0.1) is 0 Å². The van der Waals surface area contributed by atoms with Gasteiger partial charge in [0.1, 0.15) is 18.1 Å². The van der Waals surface area contributed by atoms with E-state index < -0.39 is 53.8 Å². The summed E-state index contributed by atoms with van der Waals surface area (Å²) < 4.78 is 0. The molecule has 4 unspecified atom stereocenters. The van der Waals surface area contributed by atoms with Crippen LogP contribution >= 0.6 is 11.8 Å². The molecule has 11 nitrogen and oxygen atoms in total. The topological polar surface area (TPSA) is 185 Å². The van der Waals surface area contributed by atoms with Crippen molar-refractivity contribution < 1.29 is 29.1 Å². The fraction of sp³-hybridized carbons (Fsp3) is 0.542. The summed E-state index contributed by atoms with van der Waals surface area (Å²) in [5.41, 5.74) is 11.9. The van der Waals surface area contributed by atoms with E-state index in [0.717, 1.165) is 5.56 Å². The zero-order valence-electron chi connectivity index (χ0n) is 20.4. The molecule has 0 spiro atoms. The first-order valence-corrected chi connectivity index (χ1v) is 13.2. The summed E-state index contributed by atoms with van der Waals surface area (Å²) >= 11 is 1.56. The van der Waals surface area contributed by atoms with Gasteiger partial charge in [0.15, 0.2) is 0 Å². The molecule has 0 bridgehead atoms. The van der Waals surface area contributed by atoms with Crippen molar-refractivity contribution in [3.05, 3.63) is 35.9 Å². The van der Waals surface area contributed by atoms with Crippen molar-refractivity contribution in [1.29, 1.82) is 0 Å². The van der Waals surface area contributed by atoms with Gasteiger partial charge in [-0.1, -0.05) is 30.3 Å². The number of nitrogens with one attached hydrogen (secondary N) is 2. The molecule has 0 aliphatic carbocycles. The average molecular weight is 522 g/mol. The van der Waals surface area contributed by atoms with Crippen LogP contribution in [0.4, 0.5) is 0 Å². The summed E-state index contributed by atoms with van der Waals surface area (Å²) in [5.74, 6) is -2.79. The molecule has 4 amide bonds. The Bertz CT molecular complexity index is 931. The van der Waals surface area contributed by atoms with E-state index in [9.17, 15) is 29.1 Å². The molecular weight excluding hydrogens is 486 g/mol. The Balaban J connectivity index is 2.17. The number of benzene rings is 1. The van der Waals surface area contributed by atoms with E-state index >= 15 is 0 Å². The Morgan fingerprint density at radius 1 is 1.11 bits per heavy atom. The standard InChI is InChI=1S/C24H35N5O6S/c1-36-13-11-16(25)21(31)28-18(14-15-6-3-2-4-7-15)23(33)29-12-5-8-19(29)22(32)27-17(24(34)35)9-10-20(26)30/h2-4,6-7,16-19H,5,8-14,25H2,1H3,(H2,26,30)(H,27,32)(H,28,31)(H,34,35). The average Bonchev–Trinajstić information content (AvgIpc) is 3.34. The van der Waals surface area contributed by atoms with E-state index in [1.54, 1.807) is 11.8 Å². The molecule has 1 saturated heterocycles. The first-order chi connectivity index (χ1) is 17.1. The van der Waals surface area contributed by atoms with Crippen LogP contribution in [0.5, 0.6) is 0 Å². The molecule has 1 aromatic rings. The van der Waals surface area contributed by atoms with Gasteiger partial charge < -0.3 is 32.1 Å². The molecule has 1 aliphatic rings. The third-order valence-corrected chi connectivity index (χ3v) is 6.64. The van der Waals surface area contributed by atoms with Gasteiger partial charge in [0, 0.05) is 19.4 Å². The first-order valence-electron chi connectivity index (χ1n) is 11.8. The molecule has 1 heterocycles. The van der Waals surface area contributed by atoms with Gasteiger partial charge >= 0.3 is 5.97 Å². The lowest BCUT2D eigenvalue weighted by molar-refractivity contribution is -0.145. The Morgan fingerprint density at radius 2 is 1.81 bits per heavy atom. The van der Waals surface area contributed by atoms with Crippen LogP contribution in [0.3, 0.4) is 0 Å². The van der Waals surface area contributed by atoms with E-state index in [2.05, 4.69) is 10.6 Å². The molecule has 1 aliphatic heterocycles. The van der Waals surface area contributed by atoms with Crippen LogP contribution in [0.1, 0.15) is 37.7 Å². The second-order valence-corrected chi connectivity index (χ2v) is 9.72. The minimum absolute atomic E-state index is 0.155. The summed E-state index contributed by atoms with van der Waals surface area (Å²) in [6.45, 7) is 0.287. The van der Waals surface area contributed by atoms with Gasteiger partial charge in [-0.2, -0.15) is 11.8 Å². The maximum Gasteiger partial charge on any atom is 0.326 e. The Labute approximate surface area is 214 Å². The number of amides is 4. The Kier molecular flexibility index (Phi) is 11.7. The minimum atomic E-state index is -1.31. The number of carboxylic acid groups (broad SMARTS) is 1. The van der Waals surface area contributed by atoms with Crippen molar-refractivity contribution in [1.82, 2.24) is 15.5 Å². The molecule has 0 aromatic heterocycles. The summed E-state index contributed by atoms with van der Waals surface area (Å²) in [6.07, 6.45) is 3.11. The number of hydrogen-bond donors (Lipinski definition) is 5. The Morgan fingerprint density at radius 3 is 2.42 bits per heavy atom. The lowest BCUT2D eigenvalue weighted by Gasteiger charge is -2.30. The van der Waals surface area contributed by atoms with Crippen LogP contribution in [0, 0.1) is 0 Å². The van der Waals surface area contributed by atoms with Crippen molar-refractivity contribution >= 4 is 41.4 Å². The van der Waals surface area contributed by atoms with Gasteiger partial charge in [-0.25, -0.2) is 4.79 Å². The smallest absolute Gasteiger partial charge is 0.326 e. The van der Waals surface area contributed by atoms with E-state index in [-0.39, 0.29) is 25.8 Å². The highest BCUT2D eigenvalue weighted by Gasteiger charge is 2.39. The summed E-state index contributed by atoms with van der Waals surface area (Å²) in [5, 5.41) is 14.6. The lowest BCUT2D eigenvalue weighted by atomic mass is 10.0. The van der Waals surface area contributed by atoms with Gasteiger partial charge in [0.2, 0.25) is 23.6 Å². The molecule has 12 heteroatoms. The molecule has 4 atom stereocenters. The van der Waals surface area contributed by atoms with Crippen LogP contribution < -0.4 is 22.1 Å². The van der Waals surface area contributed by atoms with Crippen molar-refractivity contribution in [3.8, 4) is 0 Å². The number of aliphatic carboxylic acids is 1. The summed E-state index contributed by atoms with van der Waals surface area (Å²) in [7, 11) is 0. The highest BCUT2D eigenvalue weighted by molar-refractivity contribution is 7.98. The van der Waals surface area contributed by atoms with Crippen molar-refractivity contribution in [3.63, 3.8) is 0 Å². The number of thioether (sulfide) groups is 1. The van der Waals surface area contributed by atoms with Crippen LogP contribution in [-0.2, 0) is 30.4 Å². The van der Waals surface area contributed by atoms with Crippen molar-refractivity contribution in [2.75, 3.05) is 18.6 Å². The van der Waals surface area contributed by atoms with Crippen molar-refractivity contribution in [2.24, 2.45) is 11.5 Å². The summed E-state index contributed by atoms with van der Waals surface area (Å²) in [6, 6.07) is 5.25. The number of likely N-dealkylation sites (tertiary alicyclic amines) is 1. The maximum atomic E-state index is 13.6. The lowest BCUT2D eigenvalue weighted by Crippen LogP contribution is -2.57. The molecule has 0 radical (unpaired) electrons. The molecule has 36 heavy (non-hydrogen) atoms. The quantitative estimate of drug-likeness (QED) is 0.219. The predicted molar refractivity (Wildman–Crippen MR) is 136 cm³/mol. The summed E-state index contributed by atoms with van der Waals surface area (Å²) in [4.78, 5) is 63.2. The zero-order chi connectivity index (χ0) is 26.7. The predicted octanol–water partition coefficient (Wildman–Crippen LogP) is -0.380. The van der Waals surface area contributed by atoms with Crippen LogP contribution in [0.15, 0.2) is 30.3 Å². The Hall–Kier alpha value is -3.12. The van der Waals surface area contributed by atoms with E-state index in [4.69, 9.17) is 11.5 Å². The van der Waals surface area contributed by atoms with Gasteiger partial charge in [0.05, 0.1) is 6.04 Å². The highest BCUT2D eigenvalue weighted by Crippen LogP contribution is 2.20. The molecule has 198 valence electrons. The number of nitrogens with two attached hydrogens (primary N) is 2. The zero-order valence-corrected chi connectivity index (χ0v) is 21.2. The van der Waals surface area contributed by atoms with E-state index in [0.29, 0.717) is 25.0 Å². The molecule has 2 rings (SSSR count).